The monoisotopic (exact) mass is 430 g/mol. The normalized spacial score (nSPS) is 15.9. The number of rotatable bonds is 7. The minimum atomic E-state index is -3.59. The van der Waals surface area contributed by atoms with Crippen molar-refractivity contribution in [1.82, 2.24) is 14.3 Å². The maximum atomic E-state index is 13.5. The predicted octanol–water partition coefficient (Wildman–Crippen LogP) is 4.03. The van der Waals surface area contributed by atoms with E-state index in [0.29, 0.717) is 24.4 Å². The molecule has 2 heterocycles. The first-order chi connectivity index (χ1) is 14.1. The minimum absolute atomic E-state index is 0.0654. The highest BCUT2D eigenvalue weighted by Crippen LogP contribution is 2.32. The average molecular weight is 431 g/mol. The third-order valence-electron chi connectivity index (χ3n) is 5.42. The fourth-order valence-corrected chi connectivity index (χ4v) is 6.61. The number of hydrogen-bond donors (Lipinski definition) is 1. The van der Waals surface area contributed by atoms with Gasteiger partial charge in [-0.1, -0.05) is 42.7 Å². The summed E-state index contributed by atoms with van der Waals surface area (Å²) in [5.41, 5.74) is 7.32. The molecule has 1 saturated carbocycles. The Morgan fingerprint density at radius 2 is 1.97 bits per heavy atom. The summed E-state index contributed by atoms with van der Waals surface area (Å²) in [6.45, 7) is 0.955. The Labute approximate surface area is 175 Å². The molecule has 0 spiro atoms. The summed E-state index contributed by atoms with van der Waals surface area (Å²) in [4.78, 5) is 10.1. The SMILES string of the molecule is NCCCN(C1CCCCC1)S(=O)(=O)c1cccc(-c2nc3cccnc3s2)c1. The molecular formula is C21H26N4O2S2. The number of benzene rings is 1. The van der Waals surface area contributed by atoms with Crippen molar-refractivity contribution >= 4 is 31.7 Å². The number of hydrogen-bond acceptors (Lipinski definition) is 6. The molecule has 1 aromatic carbocycles. The van der Waals surface area contributed by atoms with Crippen LogP contribution in [0.3, 0.4) is 0 Å². The van der Waals surface area contributed by atoms with E-state index in [0.717, 1.165) is 46.6 Å². The lowest BCUT2D eigenvalue weighted by atomic mass is 9.95. The number of sulfonamides is 1. The molecule has 0 amide bonds. The first kappa shape index (κ1) is 20.4. The van der Waals surface area contributed by atoms with Crippen LogP contribution in [-0.2, 0) is 10.0 Å². The van der Waals surface area contributed by atoms with Crippen LogP contribution in [-0.4, -0.2) is 41.8 Å². The van der Waals surface area contributed by atoms with Crippen LogP contribution in [0.4, 0.5) is 0 Å². The maximum absolute atomic E-state index is 13.5. The van der Waals surface area contributed by atoms with Crippen LogP contribution in [0.25, 0.3) is 20.9 Å². The lowest BCUT2D eigenvalue weighted by Crippen LogP contribution is -2.42. The summed E-state index contributed by atoms with van der Waals surface area (Å²) < 4.78 is 28.8. The molecule has 2 aromatic heterocycles. The van der Waals surface area contributed by atoms with Crippen molar-refractivity contribution in [1.29, 1.82) is 0 Å². The Morgan fingerprint density at radius 3 is 2.72 bits per heavy atom. The molecule has 0 unspecified atom stereocenters. The quantitative estimate of drug-likeness (QED) is 0.611. The molecular weight excluding hydrogens is 404 g/mol. The van der Waals surface area contributed by atoms with Gasteiger partial charge in [0.05, 0.1) is 4.90 Å². The van der Waals surface area contributed by atoms with Crippen molar-refractivity contribution in [3.63, 3.8) is 0 Å². The second-order valence-corrected chi connectivity index (χ2v) is 10.3. The molecule has 1 aliphatic rings. The van der Waals surface area contributed by atoms with Gasteiger partial charge in [0.2, 0.25) is 10.0 Å². The van der Waals surface area contributed by atoms with E-state index in [-0.39, 0.29) is 6.04 Å². The van der Waals surface area contributed by atoms with Crippen LogP contribution in [0.15, 0.2) is 47.5 Å². The summed E-state index contributed by atoms with van der Waals surface area (Å²) in [7, 11) is -3.59. The third-order valence-corrected chi connectivity index (χ3v) is 8.39. The van der Waals surface area contributed by atoms with E-state index in [1.165, 1.54) is 17.8 Å². The Morgan fingerprint density at radius 1 is 1.14 bits per heavy atom. The Balaban J connectivity index is 1.68. The van der Waals surface area contributed by atoms with Gasteiger partial charge in [-0.25, -0.2) is 18.4 Å². The minimum Gasteiger partial charge on any atom is -0.330 e. The largest absolute Gasteiger partial charge is 0.330 e. The van der Waals surface area contributed by atoms with Gasteiger partial charge in [-0.3, -0.25) is 0 Å². The predicted molar refractivity (Wildman–Crippen MR) is 117 cm³/mol. The molecule has 0 aliphatic heterocycles. The Kier molecular flexibility index (Phi) is 6.24. The van der Waals surface area contributed by atoms with Crippen molar-refractivity contribution in [3.05, 3.63) is 42.6 Å². The van der Waals surface area contributed by atoms with E-state index in [4.69, 9.17) is 5.73 Å². The molecule has 4 rings (SSSR count). The second-order valence-electron chi connectivity index (χ2n) is 7.42. The molecule has 8 heteroatoms. The zero-order valence-corrected chi connectivity index (χ0v) is 18.0. The van der Waals surface area contributed by atoms with Crippen LogP contribution in [0.1, 0.15) is 38.5 Å². The van der Waals surface area contributed by atoms with Crippen LogP contribution >= 0.6 is 11.3 Å². The van der Waals surface area contributed by atoms with E-state index in [1.807, 2.05) is 18.2 Å². The van der Waals surface area contributed by atoms with Crippen molar-refractivity contribution in [3.8, 4) is 10.6 Å². The van der Waals surface area contributed by atoms with Gasteiger partial charge in [0, 0.05) is 24.3 Å². The van der Waals surface area contributed by atoms with Gasteiger partial charge in [0.15, 0.2) is 0 Å². The third kappa shape index (κ3) is 4.35. The molecule has 1 aliphatic carbocycles. The van der Waals surface area contributed by atoms with Gasteiger partial charge < -0.3 is 5.73 Å². The van der Waals surface area contributed by atoms with Crippen molar-refractivity contribution in [2.75, 3.05) is 13.1 Å². The Hall–Kier alpha value is -1.87. The molecule has 0 radical (unpaired) electrons. The molecule has 29 heavy (non-hydrogen) atoms. The van der Waals surface area contributed by atoms with Gasteiger partial charge in [0.25, 0.3) is 0 Å². The molecule has 6 nitrogen and oxygen atoms in total. The summed E-state index contributed by atoms with van der Waals surface area (Å²) >= 11 is 1.47. The van der Waals surface area contributed by atoms with E-state index in [9.17, 15) is 8.42 Å². The number of pyridine rings is 1. The summed E-state index contributed by atoms with van der Waals surface area (Å²) in [5.74, 6) is 0. The Bertz CT molecular complexity index is 1040. The standard InChI is InChI=1S/C21H26N4O2S2/c22-12-6-14-25(17-8-2-1-3-9-17)29(26,27)18-10-4-7-16(15-18)20-24-19-11-5-13-23-21(19)28-20/h4-5,7,10-11,13,15,17H,1-3,6,8-9,12,14,22H2. The second kappa shape index (κ2) is 8.87. The number of aromatic nitrogens is 2. The molecule has 0 atom stereocenters. The molecule has 2 N–H and O–H groups in total. The van der Waals surface area contributed by atoms with Crippen LogP contribution in [0, 0.1) is 0 Å². The fourth-order valence-electron chi connectivity index (χ4n) is 3.93. The first-order valence-electron chi connectivity index (χ1n) is 10.1. The van der Waals surface area contributed by atoms with E-state index < -0.39 is 10.0 Å². The van der Waals surface area contributed by atoms with Crippen LogP contribution in [0.2, 0.25) is 0 Å². The highest BCUT2D eigenvalue weighted by molar-refractivity contribution is 7.89. The van der Waals surface area contributed by atoms with Gasteiger partial charge in [0.1, 0.15) is 15.4 Å². The van der Waals surface area contributed by atoms with Crippen molar-refractivity contribution in [2.45, 2.75) is 49.5 Å². The first-order valence-corrected chi connectivity index (χ1v) is 12.4. The smallest absolute Gasteiger partial charge is 0.243 e. The average Bonchev–Trinajstić information content (AvgIpc) is 3.19. The number of fused-ring (bicyclic) bond motifs is 1. The summed E-state index contributed by atoms with van der Waals surface area (Å²) in [6.07, 6.45) is 7.60. The zero-order valence-electron chi connectivity index (χ0n) is 16.3. The van der Waals surface area contributed by atoms with Gasteiger partial charge >= 0.3 is 0 Å². The number of thiazole rings is 1. The van der Waals surface area contributed by atoms with Gasteiger partial charge in [-0.05, 0) is 50.1 Å². The topological polar surface area (TPSA) is 89.2 Å². The highest BCUT2D eigenvalue weighted by atomic mass is 32.2. The van der Waals surface area contributed by atoms with Crippen molar-refractivity contribution in [2.24, 2.45) is 5.73 Å². The van der Waals surface area contributed by atoms with Crippen LogP contribution in [0.5, 0.6) is 0 Å². The number of nitrogens with two attached hydrogens (primary N) is 1. The van der Waals surface area contributed by atoms with Crippen molar-refractivity contribution < 1.29 is 8.42 Å². The fraction of sp³-hybridized carbons (Fsp3) is 0.429. The maximum Gasteiger partial charge on any atom is 0.243 e. The molecule has 1 fully saturated rings. The molecule has 0 saturated heterocycles. The summed E-state index contributed by atoms with van der Waals surface area (Å²) in [5, 5.41) is 0.780. The van der Waals surface area contributed by atoms with Gasteiger partial charge in [-0.2, -0.15) is 4.31 Å². The lowest BCUT2D eigenvalue weighted by molar-refractivity contribution is 0.252. The van der Waals surface area contributed by atoms with Gasteiger partial charge in [-0.15, -0.1) is 0 Å². The number of nitrogens with zero attached hydrogens (tertiary/aromatic N) is 3. The lowest BCUT2D eigenvalue weighted by Gasteiger charge is -2.33. The van der Waals surface area contributed by atoms with Crippen LogP contribution < -0.4 is 5.73 Å². The molecule has 3 aromatic rings. The summed E-state index contributed by atoms with van der Waals surface area (Å²) in [6, 6.07) is 11.0. The van der Waals surface area contributed by atoms with E-state index in [2.05, 4.69) is 9.97 Å². The van der Waals surface area contributed by atoms with E-state index >= 15 is 0 Å². The molecule has 0 bridgehead atoms. The molecule has 154 valence electrons. The highest BCUT2D eigenvalue weighted by Gasteiger charge is 2.32. The zero-order chi connectivity index (χ0) is 20.3. The van der Waals surface area contributed by atoms with E-state index in [1.54, 1.807) is 28.7 Å².